The molecule has 2 rings (SSSR count). The highest BCUT2D eigenvalue weighted by atomic mass is 79.9. The van der Waals surface area contributed by atoms with Crippen LogP contribution >= 0.6 is 15.9 Å². The van der Waals surface area contributed by atoms with E-state index in [1.54, 1.807) is 0 Å². The molecule has 0 fully saturated rings. The summed E-state index contributed by atoms with van der Waals surface area (Å²) in [5, 5.41) is 2.98. The van der Waals surface area contributed by atoms with E-state index in [1.165, 1.54) is 0 Å². The number of carbonyl (C=O) groups is 1. The van der Waals surface area contributed by atoms with Gasteiger partial charge in [0.05, 0.1) is 5.69 Å². The van der Waals surface area contributed by atoms with Gasteiger partial charge in [-0.2, -0.15) is 0 Å². The minimum atomic E-state index is -0.105. The van der Waals surface area contributed by atoms with Crippen LogP contribution in [0.25, 0.3) is 0 Å². The summed E-state index contributed by atoms with van der Waals surface area (Å²) >= 11 is 3.51. The Balaban J connectivity index is 2.28. The van der Waals surface area contributed by atoms with Crippen LogP contribution in [0.1, 0.15) is 21.5 Å². The molecule has 1 N–H and O–H groups in total. The van der Waals surface area contributed by atoms with Crippen LogP contribution in [0.3, 0.4) is 0 Å². The van der Waals surface area contributed by atoms with Gasteiger partial charge >= 0.3 is 0 Å². The van der Waals surface area contributed by atoms with Gasteiger partial charge in [-0.25, -0.2) is 0 Å². The van der Waals surface area contributed by atoms with E-state index in [4.69, 9.17) is 0 Å². The van der Waals surface area contributed by atoms with Crippen molar-refractivity contribution in [2.45, 2.75) is 13.8 Å². The number of halogens is 1. The highest BCUT2D eigenvalue weighted by molar-refractivity contribution is 9.10. The average molecular weight is 347 g/mol. The third kappa shape index (κ3) is 3.64. The second kappa shape index (κ2) is 6.31. The molecule has 0 aliphatic carbocycles. The maximum atomic E-state index is 12.4. The van der Waals surface area contributed by atoms with Crippen molar-refractivity contribution in [3.8, 4) is 0 Å². The highest BCUT2D eigenvalue weighted by Gasteiger charge is 2.11. The number of amides is 1. The summed E-state index contributed by atoms with van der Waals surface area (Å²) < 4.78 is 0.900. The number of benzene rings is 2. The van der Waals surface area contributed by atoms with Crippen LogP contribution in [0.15, 0.2) is 40.9 Å². The molecule has 0 aromatic heterocycles. The lowest BCUT2D eigenvalue weighted by Crippen LogP contribution is -2.15. The van der Waals surface area contributed by atoms with E-state index in [0.717, 1.165) is 27.0 Å². The van der Waals surface area contributed by atoms with Crippen LogP contribution in [0.4, 0.5) is 11.4 Å². The number of hydrogen-bond acceptors (Lipinski definition) is 2. The molecule has 0 saturated heterocycles. The molecule has 3 nitrogen and oxygen atoms in total. The van der Waals surface area contributed by atoms with Crippen molar-refractivity contribution in [1.82, 2.24) is 0 Å². The molecular weight excluding hydrogens is 328 g/mol. The van der Waals surface area contributed by atoms with Gasteiger partial charge in [0, 0.05) is 29.8 Å². The van der Waals surface area contributed by atoms with E-state index in [2.05, 4.69) is 27.3 Å². The van der Waals surface area contributed by atoms with E-state index in [1.807, 2.05) is 63.2 Å². The molecule has 0 atom stereocenters. The number of nitrogens with zero attached hydrogens (tertiary/aromatic N) is 1. The fraction of sp³-hybridized carbons (Fsp3) is 0.235. The Labute approximate surface area is 134 Å². The van der Waals surface area contributed by atoms with Crippen LogP contribution in [-0.4, -0.2) is 20.0 Å². The van der Waals surface area contributed by atoms with Crippen molar-refractivity contribution in [3.05, 3.63) is 57.6 Å². The van der Waals surface area contributed by atoms with Crippen molar-refractivity contribution in [1.29, 1.82) is 0 Å². The summed E-state index contributed by atoms with van der Waals surface area (Å²) in [6.45, 7) is 4.02. The zero-order valence-corrected chi connectivity index (χ0v) is 14.3. The molecule has 0 heterocycles. The Kier molecular flexibility index (Phi) is 4.68. The summed E-state index contributed by atoms with van der Waals surface area (Å²) in [5.41, 5.74) is 4.67. The summed E-state index contributed by atoms with van der Waals surface area (Å²) in [4.78, 5) is 14.4. The lowest BCUT2D eigenvalue weighted by atomic mass is 10.1. The number of hydrogen-bond donors (Lipinski definition) is 1. The normalized spacial score (nSPS) is 10.3. The molecule has 0 radical (unpaired) electrons. The van der Waals surface area contributed by atoms with Crippen LogP contribution in [0, 0.1) is 13.8 Å². The van der Waals surface area contributed by atoms with Gasteiger partial charge in [-0.05, 0) is 65.2 Å². The predicted octanol–water partition coefficient (Wildman–Crippen LogP) is 4.38. The van der Waals surface area contributed by atoms with E-state index < -0.39 is 0 Å². The molecule has 0 bridgehead atoms. The molecule has 0 spiro atoms. The minimum Gasteiger partial charge on any atom is -0.378 e. The maximum absolute atomic E-state index is 12.4. The molecule has 1 amide bonds. The fourth-order valence-electron chi connectivity index (χ4n) is 2.19. The minimum absolute atomic E-state index is 0.105. The molecule has 0 aliphatic rings. The summed E-state index contributed by atoms with van der Waals surface area (Å²) in [6.07, 6.45) is 0. The van der Waals surface area contributed by atoms with Gasteiger partial charge < -0.3 is 10.2 Å². The fourth-order valence-corrected chi connectivity index (χ4v) is 2.96. The molecule has 0 aliphatic heterocycles. The van der Waals surface area contributed by atoms with E-state index in [0.29, 0.717) is 5.56 Å². The quantitative estimate of drug-likeness (QED) is 0.893. The molecule has 2 aromatic carbocycles. The van der Waals surface area contributed by atoms with Crippen LogP contribution in [-0.2, 0) is 0 Å². The molecular formula is C17H19BrN2O. The lowest BCUT2D eigenvalue weighted by Gasteiger charge is -2.15. The van der Waals surface area contributed by atoms with Gasteiger partial charge in [-0.15, -0.1) is 0 Å². The van der Waals surface area contributed by atoms with Crippen molar-refractivity contribution in [2.75, 3.05) is 24.3 Å². The van der Waals surface area contributed by atoms with Crippen molar-refractivity contribution in [3.63, 3.8) is 0 Å². The van der Waals surface area contributed by atoms with Gasteiger partial charge in [0.1, 0.15) is 0 Å². The number of rotatable bonds is 3. The standard InChI is InChI=1S/C17H19BrN2O/c1-11-8-12(2)16(15(18)9-11)19-17(21)13-6-5-7-14(10-13)20(3)4/h5-10H,1-4H3,(H,19,21). The second-order valence-corrected chi connectivity index (χ2v) is 6.19. The lowest BCUT2D eigenvalue weighted by molar-refractivity contribution is 0.102. The first-order valence-corrected chi connectivity index (χ1v) is 7.53. The Bertz CT molecular complexity index is 657. The summed E-state index contributed by atoms with van der Waals surface area (Å²) in [5.74, 6) is -0.105. The second-order valence-electron chi connectivity index (χ2n) is 5.34. The van der Waals surface area contributed by atoms with E-state index >= 15 is 0 Å². The average Bonchev–Trinajstić information content (AvgIpc) is 2.42. The van der Waals surface area contributed by atoms with E-state index in [9.17, 15) is 4.79 Å². The first-order valence-electron chi connectivity index (χ1n) is 6.74. The van der Waals surface area contributed by atoms with E-state index in [-0.39, 0.29) is 5.91 Å². The van der Waals surface area contributed by atoms with Gasteiger partial charge in [-0.3, -0.25) is 4.79 Å². The third-order valence-corrected chi connectivity index (χ3v) is 3.92. The number of anilines is 2. The topological polar surface area (TPSA) is 32.3 Å². The third-order valence-electron chi connectivity index (χ3n) is 3.30. The summed E-state index contributed by atoms with van der Waals surface area (Å²) in [7, 11) is 3.91. The van der Waals surface area contributed by atoms with Crippen molar-refractivity contribution in [2.24, 2.45) is 0 Å². The number of nitrogens with one attached hydrogen (secondary N) is 1. The Hall–Kier alpha value is -1.81. The Morgan fingerprint density at radius 3 is 2.48 bits per heavy atom. The molecule has 0 saturated carbocycles. The number of carbonyl (C=O) groups excluding carboxylic acids is 1. The molecule has 110 valence electrons. The maximum Gasteiger partial charge on any atom is 0.255 e. The van der Waals surface area contributed by atoms with Crippen LogP contribution in [0.5, 0.6) is 0 Å². The largest absolute Gasteiger partial charge is 0.378 e. The highest BCUT2D eigenvalue weighted by Crippen LogP contribution is 2.28. The molecule has 2 aromatic rings. The van der Waals surface area contributed by atoms with Gasteiger partial charge in [-0.1, -0.05) is 12.1 Å². The monoisotopic (exact) mass is 346 g/mol. The van der Waals surface area contributed by atoms with Crippen molar-refractivity contribution < 1.29 is 4.79 Å². The predicted molar refractivity (Wildman–Crippen MR) is 92.3 cm³/mol. The van der Waals surface area contributed by atoms with Crippen LogP contribution < -0.4 is 10.2 Å². The zero-order chi connectivity index (χ0) is 15.6. The number of aryl methyl sites for hydroxylation is 2. The zero-order valence-electron chi connectivity index (χ0n) is 12.7. The van der Waals surface area contributed by atoms with Gasteiger partial charge in [0.2, 0.25) is 0 Å². The molecule has 4 heteroatoms. The van der Waals surface area contributed by atoms with Gasteiger partial charge in [0.15, 0.2) is 0 Å². The molecule has 0 unspecified atom stereocenters. The summed E-state index contributed by atoms with van der Waals surface area (Å²) in [6, 6.07) is 11.6. The van der Waals surface area contributed by atoms with Gasteiger partial charge in [0.25, 0.3) is 5.91 Å². The first kappa shape index (κ1) is 15.6. The SMILES string of the molecule is Cc1cc(C)c(NC(=O)c2cccc(N(C)C)c2)c(Br)c1. The van der Waals surface area contributed by atoms with Crippen molar-refractivity contribution >= 4 is 33.2 Å². The van der Waals surface area contributed by atoms with Crippen LogP contribution in [0.2, 0.25) is 0 Å². The smallest absolute Gasteiger partial charge is 0.255 e. The first-order chi connectivity index (χ1) is 9.88. The Morgan fingerprint density at radius 2 is 1.86 bits per heavy atom. The molecule has 21 heavy (non-hydrogen) atoms. The Morgan fingerprint density at radius 1 is 1.14 bits per heavy atom.